The number of aromatic nitrogens is 5. The fourth-order valence-corrected chi connectivity index (χ4v) is 5.76. The van der Waals surface area contributed by atoms with Crippen molar-refractivity contribution < 1.29 is 33.3 Å². The second-order valence-electron chi connectivity index (χ2n) is 14.2. The maximum absolute atomic E-state index is 13.7. The Hall–Kier alpha value is -5.34. The average molecular weight is 691 g/mol. The fraction of sp³-hybridized carbons (Fsp3) is 0.486. The molecular weight excluding hydrogens is 644 g/mol. The van der Waals surface area contributed by atoms with E-state index in [4.69, 9.17) is 23.9 Å². The van der Waals surface area contributed by atoms with Crippen LogP contribution in [-0.2, 0) is 27.9 Å². The van der Waals surface area contributed by atoms with Crippen molar-refractivity contribution in [2.45, 2.75) is 84.1 Å². The number of anilines is 1. The van der Waals surface area contributed by atoms with E-state index in [0.717, 1.165) is 11.1 Å². The third-order valence-corrected chi connectivity index (χ3v) is 8.01. The molecule has 15 heteroatoms. The highest BCUT2D eigenvalue weighted by Gasteiger charge is 2.39. The molecule has 1 aliphatic heterocycles. The number of nitrogens with zero attached hydrogens (tertiary/aromatic N) is 6. The number of benzene rings is 1. The second kappa shape index (κ2) is 14.3. The van der Waals surface area contributed by atoms with Crippen molar-refractivity contribution in [3.63, 3.8) is 0 Å². The minimum absolute atomic E-state index is 0.143. The first-order valence-corrected chi connectivity index (χ1v) is 16.4. The molecule has 50 heavy (non-hydrogen) atoms. The molecule has 1 aromatic carbocycles. The van der Waals surface area contributed by atoms with Gasteiger partial charge in [0.1, 0.15) is 34.6 Å². The Morgan fingerprint density at radius 3 is 2.32 bits per heavy atom. The van der Waals surface area contributed by atoms with Gasteiger partial charge in [-0.15, -0.1) is 0 Å². The molecule has 3 amide bonds. The fourth-order valence-electron chi connectivity index (χ4n) is 5.76. The molecule has 0 saturated carbocycles. The molecule has 5 rings (SSSR count). The molecule has 4 aromatic rings. The third-order valence-electron chi connectivity index (χ3n) is 8.01. The number of methoxy groups -OCH3 is 2. The topological polar surface area (TPSA) is 163 Å². The number of carbonyl (C=O) groups excluding carboxylic acids is 3. The minimum Gasteiger partial charge on any atom is -0.497 e. The molecule has 0 aliphatic carbocycles. The molecular formula is C35H46N8O7. The summed E-state index contributed by atoms with van der Waals surface area (Å²) in [6, 6.07) is 6.29. The third kappa shape index (κ3) is 8.44. The lowest BCUT2D eigenvalue weighted by atomic mass is 9.89. The lowest BCUT2D eigenvalue weighted by Crippen LogP contribution is -2.54. The number of amides is 3. The quantitative estimate of drug-likeness (QED) is 0.248. The van der Waals surface area contributed by atoms with Gasteiger partial charge in [0.15, 0.2) is 5.65 Å². The van der Waals surface area contributed by atoms with E-state index in [1.165, 1.54) is 9.42 Å². The highest BCUT2D eigenvalue weighted by Crippen LogP contribution is 2.34. The molecule has 268 valence electrons. The summed E-state index contributed by atoms with van der Waals surface area (Å²) in [7, 11) is 4.94. The maximum atomic E-state index is 13.7. The second-order valence-corrected chi connectivity index (χ2v) is 14.2. The zero-order valence-corrected chi connectivity index (χ0v) is 30.1. The number of hydrogen-bond donors (Lipinski definition) is 2. The summed E-state index contributed by atoms with van der Waals surface area (Å²) in [5.41, 5.74) is 1.82. The van der Waals surface area contributed by atoms with Crippen LogP contribution in [0.1, 0.15) is 71.6 Å². The van der Waals surface area contributed by atoms with Gasteiger partial charge in [0.25, 0.3) is 0 Å². The summed E-state index contributed by atoms with van der Waals surface area (Å²) in [5.74, 6) is 0.907. The van der Waals surface area contributed by atoms with E-state index in [2.05, 4.69) is 20.8 Å². The first kappa shape index (κ1) is 36.0. The van der Waals surface area contributed by atoms with E-state index in [1.807, 2.05) is 19.3 Å². The zero-order chi connectivity index (χ0) is 36.4. The van der Waals surface area contributed by atoms with Gasteiger partial charge in [-0.1, -0.05) is 0 Å². The Labute approximate surface area is 291 Å². The molecule has 3 aromatic heterocycles. The highest BCUT2D eigenvalue weighted by atomic mass is 16.6. The van der Waals surface area contributed by atoms with E-state index in [9.17, 15) is 14.4 Å². The molecule has 0 radical (unpaired) electrons. The number of aryl methyl sites for hydroxylation is 1. The van der Waals surface area contributed by atoms with Gasteiger partial charge in [-0.2, -0.15) is 14.7 Å². The van der Waals surface area contributed by atoms with Gasteiger partial charge in [0.2, 0.25) is 5.91 Å². The monoisotopic (exact) mass is 690 g/mol. The van der Waals surface area contributed by atoms with Gasteiger partial charge in [0, 0.05) is 61.1 Å². The molecule has 4 heterocycles. The van der Waals surface area contributed by atoms with Crippen molar-refractivity contribution in [3.05, 3.63) is 54.1 Å². The largest absolute Gasteiger partial charge is 0.497 e. The molecule has 1 fully saturated rings. The maximum Gasteiger partial charge on any atom is 0.413 e. The first-order valence-electron chi connectivity index (χ1n) is 16.4. The van der Waals surface area contributed by atoms with Crippen molar-refractivity contribution in [1.29, 1.82) is 0 Å². The number of piperidine rings is 1. The van der Waals surface area contributed by atoms with Crippen LogP contribution < -0.4 is 20.1 Å². The molecule has 0 spiro atoms. The average Bonchev–Trinajstić information content (AvgIpc) is 3.67. The molecule has 0 unspecified atom stereocenters. The van der Waals surface area contributed by atoms with Crippen LogP contribution in [-0.4, -0.2) is 85.4 Å². The first-order chi connectivity index (χ1) is 23.5. The summed E-state index contributed by atoms with van der Waals surface area (Å²) in [4.78, 5) is 46.8. The number of carbonyl (C=O) groups is 3. The van der Waals surface area contributed by atoms with Crippen LogP contribution in [0, 0.1) is 0 Å². The number of nitrogens with one attached hydrogen (secondary N) is 2. The van der Waals surface area contributed by atoms with E-state index in [1.54, 1.807) is 91.0 Å². The highest BCUT2D eigenvalue weighted by molar-refractivity contribution is 5.87. The number of likely N-dealkylation sites (tertiary alicyclic amines) is 1. The van der Waals surface area contributed by atoms with Crippen molar-refractivity contribution in [2.75, 3.05) is 26.1 Å². The normalized spacial score (nSPS) is 16.5. The van der Waals surface area contributed by atoms with Gasteiger partial charge in [-0.25, -0.2) is 14.6 Å². The van der Waals surface area contributed by atoms with E-state index in [-0.39, 0.29) is 24.9 Å². The Morgan fingerprint density at radius 2 is 1.68 bits per heavy atom. The molecule has 2 atom stereocenters. The predicted octanol–water partition coefficient (Wildman–Crippen LogP) is 5.29. The van der Waals surface area contributed by atoms with Crippen LogP contribution in [0.3, 0.4) is 0 Å². The van der Waals surface area contributed by atoms with E-state index < -0.39 is 29.4 Å². The lowest BCUT2D eigenvalue weighted by Gasteiger charge is -2.39. The van der Waals surface area contributed by atoms with Crippen LogP contribution in [0.2, 0.25) is 0 Å². The van der Waals surface area contributed by atoms with Gasteiger partial charge in [-0.05, 0) is 66.5 Å². The van der Waals surface area contributed by atoms with Crippen molar-refractivity contribution in [1.82, 2.24) is 34.6 Å². The van der Waals surface area contributed by atoms with Crippen molar-refractivity contribution in [3.8, 4) is 22.6 Å². The van der Waals surface area contributed by atoms with Crippen LogP contribution in [0.25, 0.3) is 16.8 Å². The summed E-state index contributed by atoms with van der Waals surface area (Å²) < 4.78 is 25.3. The molecule has 2 N–H and O–H groups in total. The van der Waals surface area contributed by atoms with Gasteiger partial charge in [-0.3, -0.25) is 19.7 Å². The number of hydrogen-bond acceptors (Lipinski definition) is 10. The Morgan fingerprint density at radius 1 is 0.940 bits per heavy atom. The van der Waals surface area contributed by atoms with Crippen LogP contribution in [0.15, 0.2) is 42.9 Å². The van der Waals surface area contributed by atoms with Gasteiger partial charge < -0.3 is 24.3 Å². The Kier molecular flexibility index (Phi) is 10.2. The number of fused-ring (bicyclic) bond motifs is 1. The lowest BCUT2D eigenvalue weighted by molar-refractivity contribution is -0.128. The van der Waals surface area contributed by atoms with Crippen molar-refractivity contribution >= 4 is 29.6 Å². The van der Waals surface area contributed by atoms with Crippen LogP contribution in [0.4, 0.5) is 15.4 Å². The minimum atomic E-state index is -0.797. The standard InChI is InChI=1S/C35H46N8O7/c1-34(2,3)49-32(45)40-29-15-26(39-30-25(18-38-43(29)30)23-17-37-41(7)19-23)22-11-13-27(42(20-22)33(46)50-35(4,5)6)31(44)36-16-21-10-12-24(47-8)14-28(21)48-9/h10,12,14-15,17-19,22,27H,11,13,16,20H2,1-9H3,(H,36,44)(H,40,45)/t22-,27-/m0/s1. The summed E-state index contributed by atoms with van der Waals surface area (Å²) >= 11 is 0. The Bertz CT molecular complexity index is 1870. The van der Waals surface area contributed by atoms with E-state index >= 15 is 0 Å². The van der Waals surface area contributed by atoms with Gasteiger partial charge in [0.05, 0.1) is 32.3 Å². The SMILES string of the molecule is COc1ccc(CNC(=O)[C@@H]2CC[C@H](c3cc(NC(=O)OC(C)(C)C)n4ncc(-c5cnn(C)c5)c4n3)CN2C(=O)OC(C)(C)C)c(OC)c1. The van der Waals surface area contributed by atoms with Crippen LogP contribution in [0.5, 0.6) is 11.5 Å². The zero-order valence-electron chi connectivity index (χ0n) is 30.1. The smallest absolute Gasteiger partial charge is 0.413 e. The summed E-state index contributed by atoms with van der Waals surface area (Å²) in [6.07, 6.45) is 4.82. The molecule has 1 saturated heterocycles. The number of rotatable bonds is 8. The van der Waals surface area contributed by atoms with E-state index in [0.29, 0.717) is 47.1 Å². The molecule has 1 aliphatic rings. The summed E-state index contributed by atoms with van der Waals surface area (Å²) in [6.45, 7) is 11.0. The molecule has 15 nitrogen and oxygen atoms in total. The van der Waals surface area contributed by atoms with Crippen molar-refractivity contribution in [2.24, 2.45) is 7.05 Å². The predicted molar refractivity (Wildman–Crippen MR) is 185 cm³/mol. The molecule has 0 bridgehead atoms. The number of ether oxygens (including phenoxy) is 4. The van der Waals surface area contributed by atoms with Crippen LogP contribution >= 0.6 is 0 Å². The Balaban J connectivity index is 1.46. The summed E-state index contributed by atoms with van der Waals surface area (Å²) in [5, 5.41) is 14.6. The van der Waals surface area contributed by atoms with Gasteiger partial charge >= 0.3 is 12.2 Å².